The van der Waals surface area contributed by atoms with E-state index in [-0.39, 0.29) is 23.2 Å². The van der Waals surface area contributed by atoms with Crippen LogP contribution in [0.4, 0.5) is 0 Å². The second kappa shape index (κ2) is 9.69. The Hall–Kier alpha value is 0.479. The zero-order chi connectivity index (χ0) is 10.2. The van der Waals surface area contributed by atoms with Gasteiger partial charge in [-0.15, -0.1) is 0 Å². The number of hydrogen-bond acceptors (Lipinski definition) is 1. The molecule has 1 nitrogen and oxygen atoms in total. The molecule has 0 amide bonds. The van der Waals surface area contributed by atoms with Gasteiger partial charge < -0.3 is 4.74 Å². The van der Waals surface area contributed by atoms with Crippen LogP contribution in [0.1, 0.15) is 6.92 Å². The van der Waals surface area contributed by atoms with Crippen molar-refractivity contribution in [1.29, 1.82) is 0 Å². The topological polar surface area (TPSA) is 9.23 Å². The molecule has 10 radical (unpaired) electrons. The van der Waals surface area contributed by atoms with Gasteiger partial charge in [-0.05, 0) is 64.7 Å². The predicted octanol–water partition coefficient (Wildman–Crippen LogP) is 2.45. The van der Waals surface area contributed by atoms with Crippen molar-refractivity contribution in [3.8, 4) is 0 Å². The fourth-order valence-corrected chi connectivity index (χ4v) is 1.12. The Labute approximate surface area is 106 Å². The monoisotopic (exact) mass is 244 g/mol. The summed E-state index contributed by atoms with van der Waals surface area (Å²) in [6, 6.07) is 0. The quantitative estimate of drug-likeness (QED) is 0.678. The minimum Gasteiger partial charge on any atom is -0.381 e. The number of ether oxygens (including phenoxy) is 1. The van der Waals surface area contributed by atoms with Gasteiger partial charge in [0.1, 0.15) is 0 Å². The third-order valence-electron chi connectivity index (χ3n) is 2.07. The van der Waals surface area contributed by atoms with Gasteiger partial charge in [0.05, 0.1) is 6.10 Å². The smallest absolute Gasteiger partial charge is 0.381 e. The van der Waals surface area contributed by atoms with Crippen LogP contribution in [0.3, 0.4) is 0 Å². The Morgan fingerprint density at radius 3 is 1.60 bits per heavy atom. The Morgan fingerprint density at radius 1 is 0.867 bits per heavy atom. The zero-order valence-corrected chi connectivity index (χ0v) is 10.1. The summed E-state index contributed by atoms with van der Waals surface area (Å²) in [4.78, 5) is 0. The van der Waals surface area contributed by atoms with E-state index < -0.39 is 0 Å². The first-order valence-corrected chi connectivity index (χ1v) is 4.75. The molecular weight excluding hydrogens is 228 g/mol. The van der Waals surface area contributed by atoms with Crippen LogP contribution < -0.4 is 0 Å². The number of hydrogen-bond donors (Lipinski definition) is 0. The molecule has 2 heteroatoms. The van der Waals surface area contributed by atoms with E-state index >= 15 is 0 Å². The Bertz CT molecular complexity index is 121. The van der Waals surface area contributed by atoms with E-state index in [2.05, 4.69) is 12.8 Å². The van der Waals surface area contributed by atoms with Gasteiger partial charge in [-0.2, -0.15) is 0 Å². The Kier molecular flexibility index (Phi) is 10.00. The van der Waals surface area contributed by atoms with Crippen LogP contribution in [0.5, 0.6) is 0 Å². The Morgan fingerprint density at radius 2 is 1.27 bits per heavy atom. The van der Waals surface area contributed by atoms with Gasteiger partial charge in [-0.3, -0.25) is 0 Å². The Balaban J connectivity index is 0.000000280. The standard InChI is InChI=1S/C8H11O.C5H5.Fe/c1-7(9-2)8-5-3-4-6-8;1-2-4-5-3-1;/h3-7H,1-2H3;1-5H;/q;;+2/t7-;;/m0../s1. The molecule has 0 spiro atoms. The van der Waals surface area contributed by atoms with Crippen molar-refractivity contribution in [3.05, 3.63) is 63.7 Å². The summed E-state index contributed by atoms with van der Waals surface area (Å²) in [6.45, 7) is 2.04. The van der Waals surface area contributed by atoms with Gasteiger partial charge in [0.15, 0.2) is 0 Å². The molecule has 80 valence electrons. The molecule has 0 aromatic heterocycles. The van der Waals surface area contributed by atoms with Crippen LogP contribution in [0, 0.1) is 63.7 Å². The molecule has 0 aliphatic heterocycles. The normalized spacial score (nSPS) is 22.8. The molecule has 0 unspecified atom stereocenters. The first kappa shape index (κ1) is 15.5. The largest absolute Gasteiger partial charge is 2.00 e. The molecule has 1 atom stereocenters. The third-order valence-corrected chi connectivity index (χ3v) is 2.07. The maximum Gasteiger partial charge on any atom is 2.00 e. The van der Waals surface area contributed by atoms with Crippen LogP contribution in [0.15, 0.2) is 0 Å². The maximum absolute atomic E-state index is 5.09. The average molecular weight is 244 g/mol. The summed E-state index contributed by atoms with van der Waals surface area (Å²) >= 11 is 0. The van der Waals surface area contributed by atoms with Gasteiger partial charge in [-0.1, -0.05) is 0 Å². The van der Waals surface area contributed by atoms with E-state index in [9.17, 15) is 0 Å². The van der Waals surface area contributed by atoms with E-state index in [1.807, 2.05) is 51.9 Å². The van der Waals surface area contributed by atoms with Gasteiger partial charge >= 0.3 is 17.1 Å². The molecule has 0 N–H and O–H groups in total. The minimum atomic E-state index is 0. The average Bonchev–Trinajstić information content (AvgIpc) is 2.91. The van der Waals surface area contributed by atoms with E-state index in [0.717, 1.165) is 0 Å². The van der Waals surface area contributed by atoms with Crippen LogP contribution >= 0.6 is 0 Å². The molecular formula is C13H16FeO+2. The van der Waals surface area contributed by atoms with Crippen molar-refractivity contribution in [2.75, 3.05) is 7.11 Å². The molecule has 2 fully saturated rings. The summed E-state index contributed by atoms with van der Waals surface area (Å²) in [5.74, 6) is 1.25. The third kappa shape index (κ3) is 6.60. The first-order valence-electron chi connectivity index (χ1n) is 4.75. The van der Waals surface area contributed by atoms with Crippen molar-refractivity contribution >= 4 is 0 Å². The SMILES string of the molecule is CO[C@@H](C)[C]1[CH][CH][CH][CH]1.[CH]1[CH][CH][CH][CH]1.[Fe+2]. The second-order valence-corrected chi connectivity index (χ2v) is 3.06. The molecule has 2 rings (SSSR count). The van der Waals surface area contributed by atoms with Crippen LogP contribution in [0.25, 0.3) is 0 Å². The molecule has 2 saturated carbocycles. The zero-order valence-electron chi connectivity index (χ0n) is 9.04. The summed E-state index contributed by atoms with van der Waals surface area (Å²) in [6.07, 6.45) is 18.4. The van der Waals surface area contributed by atoms with Gasteiger partial charge in [-0.25, -0.2) is 0 Å². The van der Waals surface area contributed by atoms with Gasteiger partial charge in [0.25, 0.3) is 0 Å². The molecule has 2 aliphatic carbocycles. The molecule has 0 aromatic carbocycles. The molecule has 15 heavy (non-hydrogen) atoms. The molecule has 0 heterocycles. The summed E-state index contributed by atoms with van der Waals surface area (Å²) in [7, 11) is 1.72. The van der Waals surface area contributed by atoms with Crippen LogP contribution in [-0.4, -0.2) is 13.2 Å². The fraction of sp³-hybridized carbons (Fsp3) is 0.231. The predicted molar refractivity (Wildman–Crippen MR) is 58.4 cm³/mol. The summed E-state index contributed by atoms with van der Waals surface area (Å²) < 4.78 is 5.09. The molecule has 0 aromatic rings. The van der Waals surface area contributed by atoms with Crippen molar-refractivity contribution in [1.82, 2.24) is 0 Å². The number of rotatable bonds is 2. The summed E-state index contributed by atoms with van der Waals surface area (Å²) in [5.41, 5.74) is 0. The van der Waals surface area contributed by atoms with Crippen LogP contribution in [0.2, 0.25) is 0 Å². The van der Waals surface area contributed by atoms with Crippen molar-refractivity contribution in [2.24, 2.45) is 0 Å². The molecule has 0 bridgehead atoms. The molecule has 0 saturated heterocycles. The number of methoxy groups -OCH3 is 1. The van der Waals surface area contributed by atoms with Crippen molar-refractivity contribution < 1.29 is 21.8 Å². The van der Waals surface area contributed by atoms with Crippen molar-refractivity contribution in [2.45, 2.75) is 13.0 Å². The van der Waals surface area contributed by atoms with E-state index in [0.29, 0.717) is 0 Å². The van der Waals surface area contributed by atoms with E-state index in [4.69, 9.17) is 4.74 Å². The first-order chi connectivity index (χ1) is 6.84. The summed E-state index contributed by atoms with van der Waals surface area (Å²) in [5, 5.41) is 0. The van der Waals surface area contributed by atoms with Gasteiger partial charge in [0, 0.05) is 13.0 Å². The van der Waals surface area contributed by atoms with Gasteiger partial charge in [0.2, 0.25) is 0 Å². The minimum absolute atomic E-state index is 0. The molecule has 2 aliphatic rings. The van der Waals surface area contributed by atoms with E-state index in [1.54, 1.807) is 7.11 Å². The van der Waals surface area contributed by atoms with Crippen molar-refractivity contribution in [3.63, 3.8) is 0 Å². The second-order valence-electron chi connectivity index (χ2n) is 3.06. The fourth-order valence-electron chi connectivity index (χ4n) is 1.12. The maximum atomic E-state index is 5.09. The van der Waals surface area contributed by atoms with E-state index in [1.165, 1.54) is 5.92 Å². The van der Waals surface area contributed by atoms with Crippen LogP contribution in [-0.2, 0) is 21.8 Å².